The minimum absolute atomic E-state index is 0.0861. The van der Waals surface area contributed by atoms with Crippen molar-refractivity contribution in [3.05, 3.63) is 27.9 Å². The van der Waals surface area contributed by atoms with Crippen LogP contribution in [-0.4, -0.2) is 27.0 Å². The van der Waals surface area contributed by atoms with Crippen LogP contribution in [0.4, 0.5) is 11.5 Å². The van der Waals surface area contributed by atoms with Crippen molar-refractivity contribution in [1.29, 1.82) is 0 Å². The number of nitrogens with one attached hydrogen (secondary N) is 1. The summed E-state index contributed by atoms with van der Waals surface area (Å²) in [5.41, 5.74) is 0.162. The lowest BCUT2D eigenvalue weighted by molar-refractivity contribution is -0.385. The van der Waals surface area contributed by atoms with Gasteiger partial charge < -0.3 is 10.4 Å². The molecular weight excluding hydrogens is 238 g/mol. The summed E-state index contributed by atoms with van der Waals surface area (Å²) < 4.78 is 0. The maximum Gasteiger partial charge on any atom is 0.326 e. The number of rotatable bonds is 5. The molecular formula is C11H15N3O4. The number of hydrogen-bond acceptors (Lipinski definition) is 5. The number of nitro groups is 1. The minimum atomic E-state index is -0.984. The molecule has 0 saturated heterocycles. The summed E-state index contributed by atoms with van der Waals surface area (Å²) >= 11 is 0. The van der Waals surface area contributed by atoms with E-state index in [9.17, 15) is 14.9 Å². The number of aromatic nitrogens is 1. The Morgan fingerprint density at radius 1 is 1.50 bits per heavy atom. The molecule has 18 heavy (non-hydrogen) atoms. The monoisotopic (exact) mass is 253 g/mol. The molecule has 0 aliphatic heterocycles. The molecule has 1 aromatic rings. The van der Waals surface area contributed by atoms with E-state index in [1.165, 1.54) is 19.1 Å². The molecule has 1 atom stereocenters. The molecule has 0 saturated carbocycles. The standard InChI is InChI=1S/C11H15N3O4/c1-6(2)10(11(15)16)13-9-5-4-8(14(17)18)7(3)12-9/h4-6,10H,1-3H3,(H,12,13)(H,15,16)/t10-/m0/s1. The maximum absolute atomic E-state index is 11.0. The number of pyridine rings is 1. The molecule has 0 fully saturated rings. The number of anilines is 1. The number of aryl methyl sites for hydroxylation is 1. The van der Waals surface area contributed by atoms with Crippen molar-refractivity contribution in [2.24, 2.45) is 5.92 Å². The Balaban J connectivity index is 2.95. The van der Waals surface area contributed by atoms with Crippen LogP contribution in [0.1, 0.15) is 19.5 Å². The predicted octanol–water partition coefficient (Wildman–Crippen LogP) is 1.82. The van der Waals surface area contributed by atoms with Gasteiger partial charge in [-0.15, -0.1) is 0 Å². The molecule has 7 nitrogen and oxygen atoms in total. The minimum Gasteiger partial charge on any atom is -0.480 e. The molecule has 0 aromatic carbocycles. The summed E-state index contributed by atoms with van der Waals surface area (Å²) in [5, 5.41) is 22.4. The number of carboxylic acid groups (broad SMARTS) is 1. The van der Waals surface area contributed by atoms with Crippen molar-refractivity contribution in [3.63, 3.8) is 0 Å². The van der Waals surface area contributed by atoms with Crippen LogP contribution < -0.4 is 5.32 Å². The lowest BCUT2D eigenvalue weighted by atomic mass is 10.1. The zero-order chi connectivity index (χ0) is 13.9. The van der Waals surface area contributed by atoms with Crippen LogP contribution in [0.2, 0.25) is 0 Å². The first-order valence-corrected chi connectivity index (χ1v) is 5.44. The van der Waals surface area contributed by atoms with Crippen LogP contribution in [0.15, 0.2) is 12.1 Å². The van der Waals surface area contributed by atoms with Crippen LogP contribution in [0.25, 0.3) is 0 Å². The van der Waals surface area contributed by atoms with Gasteiger partial charge in [0.2, 0.25) is 0 Å². The van der Waals surface area contributed by atoms with Gasteiger partial charge in [0.15, 0.2) is 0 Å². The second-order valence-corrected chi connectivity index (χ2v) is 4.26. The summed E-state index contributed by atoms with van der Waals surface area (Å²) in [6.45, 7) is 5.04. The quantitative estimate of drug-likeness (QED) is 0.612. The molecule has 0 aliphatic rings. The Hall–Kier alpha value is -2.18. The molecule has 1 aromatic heterocycles. The van der Waals surface area contributed by atoms with Crippen molar-refractivity contribution in [2.75, 3.05) is 5.32 Å². The van der Waals surface area contributed by atoms with Gasteiger partial charge in [0.05, 0.1) is 4.92 Å². The van der Waals surface area contributed by atoms with Gasteiger partial charge >= 0.3 is 5.97 Å². The molecule has 0 bridgehead atoms. The molecule has 0 aliphatic carbocycles. The summed E-state index contributed by atoms with van der Waals surface area (Å²) in [6, 6.07) is 1.94. The Morgan fingerprint density at radius 2 is 2.11 bits per heavy atom. The van der Waals surface area contributed by atoms with E-state index >= 15 is 0 Å². The van der Waals surface area contributed by atoms with Crippen molar-refractivity contribution >= 4 is 17.5 Å². The van der Waals surface area contributed by atoms with E-state index in [-0.39, 0.29) is 17.3 Å². The normalized spacial score (nSPS) is 12.2. The molecule has 0 radical (unpaired) electrons. The van der Waals surface area contributed by atoms with Gasteiger partial charge in [-0.1, -0.05) is 13.8 Å². The van der Waals surface area contributed by atoms with Gasteiger partial charge in [0.25, 0.3) is 5.69 Å². The first-order chi connectivity index (χ1) is 8.32. The number of nitrogens with zero attached hydrogens (tertiary/aromatic N) is 2. The molecule has 1 rings (SSSR count). The first-order valence-electron chi connectivity index (χ1n) is 5.44. The Labute approximate surface area is 104 Å². The molecule has 2 N–H and O–H groups in total. The summed E-state index contributed by atoms with van der Waals surface area (Å²) in [6.07, 6.45) is 0. The molecule has 0 spiro atoms. The highest BCUT2D eigenvalue weighted by molar-refractivity contribution is 5.77. The lowest BCUT2D eigenvalue weighted by Crippen LogP contribution is -2.34. The Bertz CT molecular complexity index is 473. The van der Waals surface area contributed by atoms with Crippen molar-refractivity contribution in [1.82, 2.24) is 4.98 Å². The third-order valence-corrected chi connectivity index (χ3v) is 2.49. The van der Waals surface area contributed by atoms with E-state index in [1.807, 2.05) is 0 Å². The fourth-order valence-corrected chi connectivity index (χ4v) is 1.50. The fourth-order valence-electron chi connectivity index (χ4n) is 1.50. The summed E-state index contributed by atoms with van der Waals surface area (Å²) in [5.74, 6) is -0.790. The summed E-state index contributed by atoms with van der Waals surface area (Å²) in [7, 11) is 0. The van der Waals surface area contributed by atoms with Crippen LogP contribution >= 0.6 is 0 Å². The van der Waals surface area contributed by atoms with Gasteiger partial charge in [-0.3, -0.25) is 10.1 Å². The van der Waals surface area contributed by atoms with Crippen molar-refractivity contribution in [2.45, 2.75) is 26.8 Å². The number of aliphatic carboxylic acids is 1. The number of hydrogen-bond donors (Lipinski definition) is 2. The van der Waals surface area contributed by atoms with E-state index < -0.39 is 16.9 Å². The second kappa shape index (κ2) is 5.44. The highest BCUT2D eigenvalue weighted by Gasteiger charge is 2.22. The van der Waals surface area contributed by atoms with Gasteiger partial charge in [0, 0.05) is 6.07 Å². The van der Waals surface area contributed by atoms with Gasteiger partial charge in [0.1, 0.15) is 17.6 Å². The van der Waals surface area contributed by atoms with E-state index in [2.05, 4.69) is 10.3 Å². The molecule has 7 heteroatoms. The third-order valence-electron chi connectivity index (χ3n) is 2.49. The zero-order valence-corrected chi connectivity index (χ0v) is 10.4. The first kappa shape index (κ1) is 13.9. The molecule has 1 heterocycles. The SMILES string of the molecule is Cc1nc(N[C@H](C(=O)O)C(C)C)ccc1[N+](=O)[O-]. The number of carboxylic acids is 1. The van der Waals surface area contributed by atoms with E-state index in [1.54, 1.807) is 13.8 Å². The largest absolute Gasteiger partial charge is 0.480 e. The zero-order valence-electron chi connectivity index (χ0n) is 10.4. The number of carbonyl (C=O) groups is 1. The average Bonchev–Trinajstić information content (AvgIpc) is 2.24. The smallest absolute Gasteiger partial charge is 0.326 e. The van der Waals surface area contributed by atoms with E-state index in [0.29, 0.717) is 5.82 Å². The van der Waals surface area contributed by atoms with Crippen LogP contribution in [0.5, 0.6) is 0 Å². The maximum atomic E-state index is 11.0. The molecule has 98 valence electrons. The van der Waals surface area contributed by atoms with Gasteiger partial charge in [-0.25, -0.2) is 9.78 Å². The van der Waals surface area contributed by atoms with Crippen LogP contribution in [0, 0.1) is 23.0 Å². The second-order valence-electron chi connectivity index (χ2n) is 4.26. The fraction of sp³-hybridized carbons (Fsp3) is 0.455. The highest BCUT2D eigenvalue weighted by atomic mass is 16.6. The Kier molecular flexibility index (Phi) is 4.19. The van der Waals surface area contributed by atoms with Gasteiger partial charge in [-0.05, 0) is 18.9 Å². The van der Waals surface area contributed by atoms with Crippen molar-refractivity contribution in [3.8, 4) is 0 Å². The topological polar surface area (TPSA) is 105 Å². The Morgan fingerprint density at radius 3 is 2.50 bits per heavy atom. The summed E-state index contributed by atoms with van der Waals surface area (Å²) in [4.78, 5) is 25.1. The van der Waals surface area contributed by atoms with E-state index in [0.717, 1.165) is 0 Å². The van der Waals surface area contributed by atoms with Crippen molar-refractivity contribution < 1.29 is 14.8 Å². The van der Waals surface area contributed by atoms with Gasteiger partial charge in [-0.2, -0.15) is 0 Å². The lowest BCUT2D eigenvalue weighted by Gasteiger charge is -2.18. The van der Waals surface area contributed by atoms with Crippen LogP contribution in [0.3, 0.4) is 0 Å². The van der Waals surface area contributed by atoms with E-state index in [4.69, 9.17) is 5.11 Å². The molecule has 0 unspecified atom stereocenters. The third kappa shape index (κ3) is 3.16. The average molecular weight is 253 g/mol. The predicted molar refractivity (Wildman–Crippen MR) is 65.5 cm³/mol. The highest BCUT2D eigenvalue weighted by Crippen LogP contribution is 2.19. The molecule has 0 amide bonds. The van der Waals surface area contributed by atoms with Crippen LogP contribution in [-0.2, 0) is 4.79 Å².